The van der Waals surface area contributed by atoms with Gasteiger partial charge in [0.2, 0.25) is 0 Å². The number of hydrogen-bond acceptors (Lipinski definition) is 4. The van der Waals surface area contributed by atoms with E-state index in [2.05, 4.69) is 9.72 Å². The highest BCUT2D eigenvalue weighted by Gasteiger charge is 2.03. The first kappa shape index (κ1) is 9.67. The van der Waals surface area contributed by atoms with Gasteiger partial charge in [0.15, 0.2) is 0 Å². The highest BCUT2D eigenvalue weighted by molar-refractivity contribution is 5.71. The van der Waals surface area contributed by atoms with Crippen LogP contribution in [0.2, 0.25) is 0 Å². The summed E-state index contributed by atoms with van der Waals surface area (Å²) in [4.78, 5) is 15.0. The van der Waals surface area contributed by atoms with Crippen molar-refractivity contribution in [2.24, 2.45) is 5.73 Å². The molecular formula is C9H12N2O2. The van der Waals surface area contributed by atoms with Crippen LogP contribution in [0.1, 0.15) is 11.4 Å². The molecule has 0 spiro atoms. The zero-order valence-corrected chi connectivity index (χ0v) is 7.49. The molecule has 13 heavy (non-hydrogen) atoms. The van der Waals surface area contributed by atoms with Crippen LogP contribution in [-0.4, -0.2) is 18.1 Å². The van der Waals surface area contributed by atoms with Crippen LogP contribution in [0.3, 0.4) is 0 Å². The number of pyridine rings is 1. The van der Waals surface area contributed by atoms with E-state index in [9.17, 15) is 4.79 Å². The Balaban J connectivity index is 2.71. The number of esters is 1. The third-order valence-corrected chi connectivity index (χ3v) is 1.63. The summed E-state index contributed by atoms with van der Waals surface area (Å²) in [7, 11) is 1.36. The lowest BCUT2D eigenvalue weighted by Crippen LogP contribution is -2.08. The fourth-order valence-corrected chi connectivity index (χ4v) is 0.961. The number of aromatic nitrogens is 1. The van der Waals surface area contributed by atoms with Crippen LogP contribution in [0.15, 0.2) is 18.2 Å². The molecular weight excluding hydrogens is 168 g/mol. The van der Waals surface area contributed by atoms with Crippen molar-refractivity contribution in [3.8, 4) is 0 Å². The van der Waals surface area contributed by atoms with Gasteiger partial charge in [-0.25, -0.2) is 0 Å². The Hall–Kier alpha value is -1.42. The van der Waals surface area contributed by atoms with Crippen molar-refractivity contribution in [2.45, 2.75) is 13.0 Å². The third kappa shape index (κ3) is 2.83. The van der Waals surface area contributed by atoms with Crippen molar-refractivity contribution in [2.75, 3.05) is 7.11 Å². The van der Waals surface area contributed by atoms with Crippen LogP contribution in [-0.2, 0) is 22.5 Å². The van der Waals surface area contributed by atoms with Gasteiger partial charge in [-0.1, -0.05) is 6.07 Å². The van der Waals surface area contributed by atoms with E-state index >= 15 is 0 Å². The Kier molecular flexibility index (Phi) is 3.40. The van der Waals surface area contributed by atoms with Crippen LogP contribution in [0, 0.1) is 0 Å². The molecule has 0 radical (unpaired) electrons. The molecule has 4 nitrogen and oxygen atoms in total. The van der Waals surface area contributed by atoms with Crippen LogP contribution in [0.4, 0.5) is 0 Å². The predicted octanol–water partition coefficient (Wildman–Crippen LogP) is 0.256. The fourth-order valence-electron chi connectivity index (χ4n) is 0.961. The normalized spacial score (nSPS) is 9.69. The minimum absolute atomic E-state index is 0.199. The minimum atomic E-state index is -0.290. The molecule has 1 aromatic heterocycles. The lowest BCUT2D eigenvalue weighted by atomic mass is 10.2. The zero-order chi connectivity index (χ0) is 9.68. The van der Waals surface area contributed by atoms with Crippen molar-refractivity contribution < 1.29 is 9.53 Å². The van der Waals surface area contributed by atoms with Gasteiger partial charge in [-0.3, -0.25) is 9.78 Å². The number of nitrogens with zero attached hydrogens (tertiary/aromatic N) is 1. The van der Waals surface area contributed by atoms with Crippen molar-refractivity contribution in [1.29, 1.82) is 0 Å². The van der Waals surface area contributed by atoms with Gasteiger partial charge in [-0.2, -0.15) is 0 Å². The monoisotopic (exact) mass is 180 g/mol. The second-order valence-corrected chi connectivity index (χ2v) is 2.58. The maximum atomic E-state index is 10.9. The summed E-state index contributed by atoms with van der Waals surface area (Å²) in [6.45, 7) is 0.384. The first-order chi connectivity index (χ1) is 6.26. The molecule has 0 aromatic carbocycles. The number of carbonyl (C=O) groups excluding carboxylic acids is 1. The Morgan fingerprint density at radius 3 is 2.85 bits per heavy atom. The van der Waals surface area contributed by atoms with Crippen LogP contribution in [0.5, 0.6) is 0 Å². The number of hydrogen-bond donors (Lipinski definition) is 1. The molecule has 0 atom stereocenters. The van der Waals surface area contributed by atoms with Gasteiger partial charge < -0.3 is 10.5 Å². The standard InChI is InChI=1S/C9H12N2O2/c1-13-9(12)5-7-3-2-4-8(6-10)11-7/h2-4H,5-6,10H2,1H3. The molecule has 0 unspecified atom stereocenters. The molecule has 0 amide bonds. The first-order valence-electron chi connectivity index (χ1n) is 3.98. The van der Waals surface area contributed by atoms with E-state index < -0.39 is 0 Å². The first-order valence-corrected chi connectivity index (χ1v) is 3.98. The molecule has 0 fully saturated rings. The minimum Gasteiger partial charge on any atom is -0.469 e. The lowest BCUT2D eigenvalue weighted by Gasteiger charge is -2.01. The van der Waals surface area contributed by atoms with Gasteiger partial charge >= 0.3 is 5.97 Å². The molecule has 0 saturated heterocycles. The molecule has 70 valence electrons. The highest BCUT2D eigenvalue weighted by atomic mass is 16.5. The molecule has 0 aliphatic rings. The number of carbonyl (C=O) groups is 1. The molecule has 0 aliphatic heterocycles. The fraction of sp³-hybridized carbons (Fsp3) is 0.333. The van der Waals surface area contributed by atoms with Gasteiger partial charge in [-0.15, -0.1) is 0 Å². The molecule has 1 aromatic rings. The third-order valence-electron chi connectivity index (χ3n) is 1.63. The largest absolute Gasteiger partial charge is 0.469 e. The molecule has 0 saturated carbocycles. The van der Waals surface area contributed by atoms with Crippen molar-refractivity contribution in [3.63, 3.8) is 0 Å². The van der Waals surface area contributed by atoms with Gasteiger partial charge in [-0.05, 0) is 12.1 Å². The number of methoxy groups -OCH3 is 1. The maximum Gasteiger partial charge on any atom is 0.311 e. The topological polar surface area (TPSA) is 65.2 Å². The van der Waals surface area contributed by atoms with E-state index in [1.165, 1.54) is 7.11 Å². The average Bonchev–Trinajstić information content (AvgIpc) is 2.18. The van der Waals surface area contributed by atoms with E-state index in [1.54, 1.807) is 6.07 Å². The van der Waals surface area contributed by atoms with E-state index in [4.69, 9.17) is 5.73 Å². The summed E-state index contributed by atoms with van der Waals surface area (Å²) < 4.78 is 4.52. The summed E-state index contributed by atoms with van der Waals surface area (Å²) in [5, 5.41) is 0. The molecule has 0 aliphatic carbocycles. The zero-order valence-electron chi connectivity index (χ0n) is 7.49. The maximum absolute atomic E-state index is 10.9. The molecule has 1 rings (SSSR count). The SMILES string of the molecule is COC(=O)Cc1cccc(CN)n1. The smallest absolute Gasteiger partial charge is 0.311 e. The number of nitrogens with two attached hydrogens (primary N) is 1. The molecule has 1 heterocycles. The van der Waals surface area contributed by atoms with E-state index in [0.29, 0.717) is 12.2 Å². The van der Waals surface area contributed by atoms with Gasteiger partial charge in [0.1, 0.15) is 0 Å². The van der Waals surface area contributed by atoms with Gasteiger partial charge in [0.05, 0.1) is 24.9 Å². The van der Waals surface area contributed by atoms with E-state index in [-0.39, 0.29) is 12.4 Å². The highest BCUT2D eigenvalue weighted by Crippen LogP contribution is 2.00. The molecule has 2 N–H and O–H groups in total. The Labute approximate surface area is 76.7 Å². The molecule has 0 bridgehead atoms. The van der Waals surface area contributed by atoms with Crippen molar-refractivity contribution in [3.05, 3.63) is 29.6 Å². The lowest BCUT2D eigenvalue weighted by molar-refractivity contribution is -0.139. The number of rotatable bonds is 3. The van der Waals surface area contributed by atoms with Crippen LogP contribution < -0.4 is 5.73 Å². The van der Waals surface area contributed by atoms with E-state index in [1.807, 2.05) is 12.1 Å². The second-order valence-electron chi connectivity index (χ2n) is 2.58. The van der Waals surface area contributed by atoms with Crippen molar-refractivity contribution in [1.82, 2.24) is 4.98 Å². The van der Waals surface area contributed by atoms with Crippen molar-refractivity contribution >= 4 is 5.97 Å². The number of ether oxygens (including phenoxy) is 1. The predicted molar refractivity (Wildman–Crippen MR) is 47.8 cm³/mol. The average molecular weight is 180 g/mol. The summed E-state index contributed by atoms with van der Waals surface area (Å²) >= 11 is 0. The van der Waals surface area contributed by atoms with Gasteiger partial charge in [0, 0.05) is 6.54 Å². The quantitative estimate of drug-likeness (QED) is 0.677. The summed E-state index contributed by atoms with van der Waals surface area (Å²) in [6.07, 6.45) is 0.199. The Bertz CT molecular complexity index is 299. The Morgan fingerprint density at radius 2 is 2.23 bits per heavy atom. The second kappa shape index (κ2) is 4.57. The van der Waals surface area contributed by atoms with Gasteiger partial charge in [0.25, 0.3) is 0 Å². The van der Waals surface area contributed by atoms with Crippen LogP contribution >= 0.6 is 0 Å². The molecule has 4 heteroatoms. The summed E-state index contributed by atoms with van der Waals surface area (Å²) in [5.41, 5.74) is 6.87. The van der Waals surface area contributed by atoms with E-state index in [0.717, 1.165) is 5.69 Å². The van der Waals surface area contributed by atoms with Crippen LogP contribution in [0.25, 0.3) is 0 Å². The Morgan fingerprint density at radius 1 is 1.54 bits per heavy atom. The summed E-state index contributed by atoms with van der Waals surface area (Å²) in [5.74, 6) is -0.290. The summed E-state index contributed by atoms with van der Waals surface area (Å²) in [6, 6.07) is 5.42.